The summed E-state index contributed by atoms with van der Waals surface area (Å²) < 4.78 is 10.4. The van der Waals surface area contributed by atoms with Gasteiger partial charge in [-0.2, -0.15) is 0 Å². The number of nitrogens with one attached hydrogen (secondary N) is 1. The number of methoxy groups -OCH3 is 2. The van der Waals surface area contributed by atoms with Crippen LogP contribution in [0, 0.1) is 0 Å². The first-order chi connectivity index (χ1) is 14.2. The fraction of sp³-hybridized carbons (Fsp3) is 0.348. The van der Waals surface area contributed by atoms with Crippen LogP contribution in [0.2, 0.25) is 0 Å². The Morgan fingerprint density at radius 2 is 1.67 bits per heavy atom. The molecule has 3 amide bonds. The minimum Gasteiger partial charge on any atom is -0.493 e. The first kappa shape index (κ1) is 21.4. The van der Waals surface area contributed by atoms with Crippen LogP contribution in [0.25, 0.3) is 0 Å². The van der Waals surface area contributed by atoms with E-state index in [0.717, 1.165) is 10.5 Å². The number of imide groups is 1. The van der Waals surface area contributed by atoms with Crippen molar-refractivity contribution in [3.05, 3.63) is 59.2 Å². The zero-order valence-corrected chi connectivity index (χ0v) is 17.8. The molecule has 1 aliphatic heterocycles. The number of nitrogens with zero attached hydrogens (tertiary/aromatic N) is 1. The van der Waals surface area contributed by atoms with Crippen LogP contribution in [0.5, 0.6) is 11.5 Å². The number of urea groups is 1. The lowest BCUT2D eigenvalue weighted by Gasteiger charge is -2.22. The molecule has 158 valence electrons. The topological polar surface area (TPSA) is 84.9 Å². The van der Waals surface area contributed by atoms with Crippen molar-refractivity contribution in [1.82, 2.24) is 10.2 Å². The highest BCUT2D eigenvalue weighted by molar-refractivity contribution is 6.11. The zero-order valence-electron chi connectivity index (χ0n) is 17.8. The van der Waals surface area contributed by atoms with Gasteiger partial charge in [0.15, 0.2) is 17.3 Å². The lowest BCUT2D eigenvalue weighted by molar-refractivity contribution is -0.130. The lowest BCUT2D eigenvalue weighted by Crippen LogP contribution is -2.41. The summed E-state index contributed by atoms with van der Waals surface area (Å²) >= 11 is 0. The molecule has 1 N–H and O–H groups in total. The quantitative estimate of drug-likeness (QED) is 0.558. The van der Waals surface area contributed by atoms with Crippen molar-refractivity contribution < 1.29 is 23.9 Å². The molecule has 0 unspecified atom stereocenters. The largest absolute Gasteiger partial charge is 0.493 e. The molecule has 3 rings (SSSR count). The summed E-state index contributed by atoms with van der Waals surface area (Å²) in [4.78, 5) is 39.3. The second kappa shape index (κ2) is 8.18. The van der Waals surface area contributed by atoms with Crippen LogP contribution in [-0.2, 0) is 10.3 Å². The normalized spacial score (nSPS) is 18.5. The van der Waals surface area contributed by atoms with Crippen molar-refractivity contribution >= 4 is 17.7 Å². The fourth-order valence-corrected chi connectivity index (χ4v) is 3.48. The molecule has 0 radical (unpaired) electrons. The van der Waals surface area contributed by atoms with Crippen molar-refractivity contribution in [3.8, 4) is 11.5 Å². The second-order valence-corrected chi connectivity index (χ2v) is 7.72. The van der Waals surface area contributed by atoms with Crippen LogP contribution in [0.15, 0.2) is 42.5 Å². The predicted octanol–water partition coefficient (Wildman–Crippen LogP) is 3.48. The summed E-state index contributed by atoms with van der Waals surface area (Å²) in [5, 5.41) is 2.73. The van der Waals surface area contributed by atoms with E-state index in [1.807, 2.05) is 24.3 Å². The Hall–Kier alpha value is -3.35. The molecule has 1 aliphatic rings. The average molecular weight is 410 g/mol. The second-order valence-electron chi connectivity index (χ2n) is 7.72. The standard InChI is InChI=1S/C23H26N2O5/c1-14(2)15-6-9-17(10-7-15)23(3)21(27)25(22(28)24-23)13-18(26)16-8-11-19(29-4)20(12-16)30-5/h6-12,14H,13H2,1-5H3,(H,24,28)/t23-/m1/s1. The van der Waals surface area contributed by atoms with Gasteiger partial charge >= 0.3 is 6.03 Å². The summed E-state index contributed by atoms with van der Waals surface area (Å²) in [6, 6.07) is 11.7. The number of benzene rings is 2. The van der Waals surface area contributed by atoms with Crippen molar-refractivity contribution in [2.75, 3.05) is 20.8 Å². The van der Waals surface area contributed by atoms with Crippen LogP contribution < -0.4 is 14.8 Å². The number of amides is 3. The number of Topliss-reactive ketones (excluding diaryl/α,β-unsaturated/α-hetero) is 1. The van der Waals surface area contributed by atoms with Crippen LogP contribution >= 0.6 is 0 Å². The van der Waals surface area contributed by atoms with E-state index in [0.29, 0.717) is 28.5 Å². The number of carbonyl (C=O) groups excluding carboxylic acids is 3. The van der Waals surface area contributed by atoms with Gasteiger partial charge in [-0.3, -0.25) is 14.5 Å². The number of ether oxygens (including phenoxy) is 2. The van der Waals surface area contributed by atoms with Gasteiger partial charge in [-0.15, -0.1) is 0 Å². The molecule has 30 heavy (non-hydrogen) atoms. The van der Waals surface area contributed by atoms with E-state index >= 15 is 0 Å². The molecule has 0 spiro atoms. The third kappa shape index (κ3) is 3.75. The summed E-state index contributed by atoms with van der Waals surface area (Å²) in [6.07, 6.45) is 0. The van der Waals surface area contributed by atoms with Gasteiger partial charge in [0.2, 0.25) is 0 Å². The van der Waals surface area contributed by atoms with E-state index in [1.165, 1.54) is 20.3 Å². The minimum atomic E-state index is -1.22. The van der Waals surface area contributed by atoms with Gasteiger partial charge in [-0.05, 0) is 42.2 Å². The van der Waals surface area contributed by atoms with Gasteiger partial charge in [0.1, 0.15) is 5.54 Å². The fourth-order valence-electron chi connectivity index (χ4n) is 3.48. The Bertz CT molecular complexity index is 984. The molecule has 7 heteroatoms. The third-order valence-electron chi connectivity index (χ3n) is 5.44. The van der Waals surface area contributed by atoms with Crippen LogP contribution in [0.1, 0.15) is 48.2 Å². The Kier molecular flexibility index (Phi) is 5.82. The SMILES string of the molecule is COc1ccc(C(=O)CN2C(=O)N[C@](C)(c3ccc(C(C)C)cc3)C2=O)cc1OC. The molecule has 1 heterocycles. The van der Waals surface area contributed by atoms with Gasteiger partial charge < -0.3 is 14.8 Å². The highest BCUT2D eigenvalue weighted by Gasteiger charge is 2.49. The number of ketones is 1. The monoisotopic (exact) mass is 410 g/mol. The van der Waals surface area contributed by atoms with Gasteiger partial charge in [-0.1, -0.05) is 38.1 Å². The van der Waals surface area contributed by atoms with Gasteiger partial charge in [0.05, 0.1) is 20.8 Å². The average Bonchev–Trinajstić information content (AvgIpc) is 2.97. The van der Waals surface area contributed by atoms with Crippen molar-refractivity contribution in [2.45, 2.75) is 32.2 Å². The number of hydrogen-bond acceptors (Lipinski definition) is 5. The Morgan fingerprint density at radius 1 is 1.03 bits per heavy atom. The van der Waals surface area contributed by atoms with Crippen LogP contribution in [0.4, 0.5) is 4.79 Å². The van der Waals surface area contributed by atoms with E-state index in [9.17, 15) is 14.4 Å². The lowest BCUT2D eigenvalue weighted by atomic mass is 9.90. The summed E-state index contributed by atoms with van der Waals surface area (Å²) in [7, 11) is 2.97. The predicted molar refractivity (Wildman–Crippen MR) is 112 cm³/mol. The van der Waals surface area contributed by atoms with E-state index in [1.54, 1.807) is 19.1 Å². The minimum absolute atomic E-state index is 0.322. The first-order valence-electron chi connectivity index (χ1n) is 9.71. The summed E-state index contributed by atoms with van der Waals surface area (Å²) in [5.41, 5.74) is 0.916. The van der Waals surface area contributed by atoms with Crippen molar-refractivity contribution in [1.29, 1.82) is 0 Å². The Morgan fingerprint density at radius 3 is 2.23 bits per heavy atom. The molecule has 1 fully saturated rings. The maximum absolute atomic E-state index is 13.1. The van der Waals surface area contributed by atoms with Crippen LogP contribution in [-0.4, -0.2) is 43.4 Å². The number of carbonyl (C=O) groups is 3. The Balaban J connectivity index is 1.81. The molecular weight excluding hydrogens is 384 g/mol. The highest BCUT2D eigenvalue weighted by atomic mass is 16.5. The number of hydrogen-bond donors (Lipinski definition) is 1. The summed E-state index contributed by atoms with van der Waals surface area (Å²) in [5.74, 6) is 0.408. The Labute approximate surface area is 176 Å². The van der Waals surface area contributed by atoms with E-state index < -0.39 is 17.5 Å². The molecule has 2 aromatic rings. The molecule has 2 aromatic carbocycles. The molecule has 0 bridgehead atoms. The molecule has 0 saturated carbocycles. The van der Waals surface area contributed by atoms with E-state index in [2.05, 4.69) is 19.2 Å². The zero-order chi connectivity index (χ0) is 22.1. The molecule has 7 nitrogen and oxygen atoms in total. The van der Waals surface area contributed by atoms with Crippen molar-refractivity contribution in [3.63, 3.8) is 0 Å². The van der Waals surface area contributed by atoms with Gasteiger partial charge in [0.25, 0.3) is 5.91 Å². The van der Waals surface area contributed by atoms with E-state index in [4.69, 9.17) is 9.47 Å². The summed E-state index contributed by atoms with van der Waals surface area (Å²) in [6.45, 7) is 5.46. The molecule has 0 aromatic heterocycles. The number of rotatable bonds is 7. The highest BCUT2D eigenvalue weighted by Crippen LogP contribution is 2.31. The smallest absolute Gasteiger partial charge is 0.325 e. The molecular formula is C23H26N2O5. The maximum Gasteiger partial charge on any atom is 0.325 e. The van der Waals surface area contributed by atoms with Gasteiger partial charge in [0, 0.05) is 5.56 Å². The molecule has 0 aliphatic carbocycles. The van der Waals surface area contributed by atoms with Crippen LogP contribution in [0.3, 0.4) is 0 Å². The van der Waals surface area contributed by atoms with Crippen molar-refractivity contribution in [2.24, 2.45) is 0 Å². The maximum atomic E-state index is 13.1. The first-order valence-corrected chi connectivity index (χ1v) is 9.71. The van der Waals surface area contributed by atoms with E-state index in [-0.39, 0.29) is 12.3 Å². The third-order valence-corrected chi connectivity index (χ3v) is 5.44. The molecule has 1 atom stereocenters. The van der Waals surface area contributed by atoms with Gasteiger partial charge in [-0.25, -0.2) is 4.79 Å². The molecule has 1 saturated heterocycles.